The lowest BCUT2D eigenvalue weighted by atomic mass is 9.98. The molecule has 2 rings (SSSR count). The Morgan fingerprint density at radius 1 is 1.28 bits per heavy atom. The maximum absolute atomic E-state index is 12.2. The molecule has 0 bridgehead atoms. The predicted octanol–water partition coefficient (Wildman–Crippen LogP) is 0.227. The second-order valence-electron chi connectivity index (χ2n) is 6.81. The lowest BCUT2D eigenvalue weighted by Crippen LogP contribution is -3.14. The molecule has 6 nitrogen and oxygen atoms in total. The first-order valence-electron chi connectivity index (χ1n) is 9.02. The van der Waals surface area contributed by atoms with Gasteiger partial charge in [0.15, 0.2) is 6.54 Å². The lowest BCUT2D eigenvalue weighted by molar-refractivity contribution is -0.899. The van der Waals surface area contributed by atoms with E-state index < -0.39 is 0 Å². The Labute approximate surface area is 150 Å². The van der Waals surface area contributed by atoms with Crippen LogP contribution in [-0.4, -0.2) is 52.2 Å². The van der Waals surface area contributed by atoms with Crippen LogP contribution in [0.1, 0.15) is 25.3 Å². The standard InChI is InChI=1S/C19H29N3O3/c1-4-25-19(24)16-6-5-11-22(13-16)14-18(23)20-12-15-7-9-17(10-8-15)21(2)3/h7-10,16H,4-6,11-14H2,1-3H3,(H,20,23)/p+1/t16-/m1/s1. The highest BCUT2D eigenvalue weighted by Crippen LogP contribution is 2.12. The molecule has 25 heavy (non-hydrogen) atoms. The van der Waals surface area contributed by atoms with Gasteiger partial charge in [0.25, 0.3) is 5.91 Å². The maximum Gasteiger partial charge on any atom is 0.314 e. The van der Waals surface area contributed by atoms with E-state index in [2.05, 4.69) is 5.32 Å². The highest BCUT2D eigenvalue weighted by Gasteiger charge is 2.30. The smallest absolute Gasteiger partial charge is 0.314 e. The van der Waals surface area contributed by atoms with Crippen molar-refractivity contribution in [3.63, 3.8) is 0 Å². The number of carbonyl (C=O) groups is 2. The fourth-order valence-corrected chi connectivity index (χ4v) is 3.18. The van der Waals surface area contributed by atoms with Crippen LogP contribution in [0.3, 0.4) is 0 Å². The number of piperidine rings is 1. The van der Waals surface area contributed by atoms with Crippen LogP contribution in [0, 0.1) is 5.92 Å². The van der Waals surface area contributed by atoms with Crippen LogP contribution in [0.25, 0.3) is 0 Å². The number of rotatable bonds is 7. The zero-order chi connectivity index (χ0) is 18.2. The number of anilines is 1. The van der Waals surface area contributed by atoms with E-state index in [9.17, 15) is 9.59 Å². The van der Waals surface area contributed by atoms with E-state index >= 15 is 0 Å². The maximum atomic E-state index is 12.2. The monoisotopic (exact) mass is 348 g/mol. The molecule has 0 spiro atoms. The van der Waals surface area contributed by atoms with Gasteiger partial charge in [-0.1, -0.05) is 12.1 Å². The zero-order valence-corrected chi connectivity index (χ0v) is 15.5. The van der Waals surface area contributed by atoms with Crippen molar-refractivity contribution in [2.75, 3.05) is 45.2 Å². The quantitative estimate of drug-likeness (QED) is 0.693. The molecule has 1 aromatic rings. The predicted molar refractivity (Wildman–Crippen MR) is 97.5 cm³/mol. The molecule has 0 saturated carbocycles. The topological polar surface area (TPSA) is 63.1 Å². The third-order valence-corrected chi connectivity index (χ3v) is 4.59. The Kier molecular flexibility index (Phi) is 7.25. The van der Waals surface area contributed by atoms with Crippen molar-refractivity contribution in [1.29, 1.82) is 0 Å². The second kappa shape index (κ2) is 9.42. The molecule has 0 aliphatic carbocycles. The largest absolute Gasteiger partial charge is 0.466 e. The molecule has 1 aromatic carbocycles. The molecule has 2 N–H and O–H groups in total. The van der Waals surface area contributed by atoms with Crippen molar-refractivity contribution in [3.8, 4) is 0 Å². The fraction of sp³-hybridized carbons (Fsp3) is 0.579. The Balaban J connectivity index is 1.76. The SMILES string of the molecule is CCOC(=O)[C@@H]1CCC[NH+](CC(=O)NCc2ccc(N(C)C)cc2)C1. The summed E-state index contributed by atoms with van der Waals surface area (Å²) in [6, 6.07) is 8.14. The molecule has 1 aliphatic heterocycles. The number of benzene rings is 1. The normalized spacial score (nSPS) is 20.0. The molecule has 1 heterocycles. The van der Waals surface area contributed by atoms with Crippen LogP contribution in [0.2, 0.25) is 0 Å². The number of hydrogen-bond donors (Lipinski definition) is 2. The van der Waals surface area contributed by atoms with Gasteiger partial charge in [-0.2, -0.15) is 0 Å². The van der Waals surface area contributed by atoms with Crippen LogP contribution in [0.5, 0.6) is 0 Å². The van der Waals surface area contributed by atoms with Gasteiger partial charge in [0.05, 0.1) is 19.7 Å². The van der Waals surface area contributed by atoms with Gasteiger partial charge in [-0.05, 0) is 37.5 Å². The summed E-state index contributed by atoms with van der Waals surface area (Å²) in [5.74, 6) is -0.174. The number of carbonyl (C=O) groups excluding carboxylic acids is 2. The first-order chi connectivity index (χ1) is 12.0. The number of hydrogen-bond acceptors (Lipinski definition) is 4. The molecule has 1 amide bonds. The summed E-state index contributed by atoms with van der Waals surface area (Å²) in [5, 5.41) is 2.97. The van der Waals surface area contributed by atoms with E-state index in [1.54, 1.807) is 0 Å². The molecule has 1 unspecified atom stereocenters. The van der Waals surface area contributed by atoms with Crippen LogP contribution in [0.4, 0.5) is 5.69 Å². The Morgan fingerprint density at radius 2 is 2.00 bits per heavy atom. The van der Waals surface area contributed by atoms with Crippen LogP contribution < -0.4 is 15.1 Å². The summed E-state index contributed by atoms with van der Waals surface area (Å²) in [6.45, 7) is 4.79. The lowest BCUT2D eigenvalue weighted by Gasteiger charge is -2.28. The average molecular weight is 348 g/mol. The van der Waals surface area contributed by atoms with Crippen molar-refractivity contribution in [2.24, 2.45) is 5.92 Å². The number of amides is 1. The van der Waals surface area contributed by atoms with Gasteiger partial charge in [-0.25, -0.2) is 0 Å². The summed E-state index contributed by atoms with van der Waals surface area (Å²) in [7, 11) is 4.00. The molecular weight excluding hydrogens is 318 g/mol. The molecule has 0 aromatic heterocycles. The molecule has 1 saturated heterocycles. The second-order valence-corrected chi connectivity index (χ2v) is 6.81. The van der Waals surface area contributed by atoms with Gasteiger partial charge in [0, 0.05) is 26.3 Å². The van der Waals surface area contributed by atoms with Crippen molar-refractivity contribution in [2.45, 2.75) is 26.3 Å². The molecule has 1 aliphatic rings. The van der Waals surface area contributed by atoms with Crippen molar-refractivity contribution < 1.29 is 19.2 Å². The summed E-state index contributed by atoms with van der Waals surface area (Å²) >= 11 is 0. The average Bonchev–Trinajstić information content (AvgIpc) is 2.61. The van der Waals surface area contributed by atoms with E-state index in [4.69, 9.17) is 4.74 Å². The molecule has 1 fully saturated rings. The molecule has 0 radical (unpaired) electrons. The molecular formula is C19H30N3O3+. The minimum Gasteiger partial charge on any atom is -0.466 e. The molecule has 138 valence electrons. The van der Waals surface area contributed by atoms with E-state index in [1.807, 2.05) is 50.2 Å². The van der Waals surface area contributed by atoms with Gasteiger partial charge in [0.1, 0.15) is 5.92 Å². The van der Waals surface area contributed by atoms with Gasteiger partial charge in [-0.15, -0.1) is 0 Å². The summed E-state index contributed by atoms with van der Waals surface area (Å²) in [6.07, 6.45) is 1.82. The first-order valence-corrected chi connectivity index (χ1v) is 9.02. The Hall–Kier alpha value is -2.08. The van der Waals surface area contributed by atoms with Crippen LogP contribution in [0.15, 0.2) is 24.3 Å². The number of esters is 1. The fourth-order valence-electron chi connectivity index (χ4n) is 3.18. The van der Waals surface area contributed by atoms with Gasteiger partial charge in [0.2, 0.25) is 0 Å². The minimum absolute atomic E-state index is 0.0243. The summed E-state index contributed by atoms with van der Waals surface area (Å²) in [4.78, 5) is 27.3. The highest BCUT2D eigenvalue weighted by atomic mass is 16.5. The zero-order valence-electron chi connectivity index (χ0n) is 15.5. The van der Waals surface area contributed by atoms with Crippen molar-refractivity contribution in [1.82, 2.24) is 5.32 Å². The van der Waals surface area contributed by atoms with E-state index in [1.165, 1.54) is 0 Å². The third-order valence-electron chi connectivity index (χ3n) is 4.59. The highest BCUT2D eigenvalue weighted by molar-refractivity contribution is 5.77. The van der Waals surface area contributed by atoms with Crippen molar-refractivity contribution >= 4 is 17.6 Å². The number of nitrogens with zero attached hydrogens (tertiary/aromatic N) is 1. The Bertz CT molecular complexity index is 572. The molecule has 2 atom stereocenters. The number of ether oxygens (including phenoxy) is 1. The summed E-state index contributed by atoms with van der Waals surface area (Å²) < 4.78 is 5.11. The van der Waals surface area contributed by atoms with Gasteiger partial charge in [-0.3, -0.25) is 9.59 Å². The van der Waals surface area contributed by atoms with Gasteiger partial charge < -0.3 is 19.9 Å². The Morgan fingerprint density at radius 3 is 2.64 bits per heavy atom. The third kappa shape index (κ3) is 6.05. The first kappa shape index (κ1) is 19.2. The van der Waals surface area contributed by atoms with Gasteiger partial charge >= 0.3 is 5.97 Å². The number of likely N-dealkylation sites (tertiary alicyclic amines) is 1. The van der Waals surface area contributed by atoms with E-state index in [0.29, 0.717) is 26.2 Å². The van der Waals surface area contributed by atoms with Crippen LogP contribution >= 0.6 is 0 Å². The summed E-state index contributed by atoms with van der Waals surface area (Å²) in [5.41, 5.74) is 2.22. The van der Waals surface area contributed by atoms with Crippen LogP contribution in [-0.2, 0) is 20.9 Å². The molecule has 6 heteroatoms. The van der Waals surface area contributed by atoms with E-state index in [0.717, 1.165) is 35.5 Å². The van der Waals surface area contributed by atoms with E-state index in [-0.39, 0.29) is 17.8 Å². The number of quaternary nitrogens is 1. The van der Waals surface area contributed by atoms with Crippen molar-refractivity contribution in [3.05, 3.63) is 29.8 Å². The minimum atomic E-state index is -0.124. The number of nitrogens with one attached hydrogen (secondary N) is 2.